The Kier molecular flexibility index (Phi) is 10.6. The maximum atomic E-state index is 5.84. The standard InChI is InChI=1S/C9H21O2PSe2/c1-4-7-10-12(13,11-8-5-2)14-9-6-3/h4-9H2,1-3H3. The molecule has 0 bridgehead atoms. The molecule has 0 aromatic rings. The van der Waals surface area contributed by atoms with Crippen LogP contribution in [0.25, 0.3) is 0 Å². The van der Waals surface area contributed by atoms with Crippen LogP contribution < -0.4 is 0 Å². The monoisotopic (exact) mass is 352 g/mol. The molecule has 0 aromatic heterocycles. The quantitative estimate of drug-likeness (QED) is 0.470. The topological polar surface area (TPSA) is 18.5 Å². The molecule has 0 aliphatic heterocycles. The van der Waals surface area contributed by atoms with Gasteiger partial charge in [-0.2, -0.15) is 0 Å². The summed E-state index contributed by atoms with van der Waals surface area (Å²) in [5.74, 6) is 0. The van der Waals surface area contributed by atoms with Crippen molar-refractivity contribution in [2.45, 2.75) is 45.4 Å². The molecule has 0 aliphatic rings. The maximum absolute atomic E-state index is 5.84. The zero-order chi connectivity index (χ0) is 10.9. The molecular formula is C9H21O2PSe2. The molecule has 5 heteroatoms. The molecule has 0 spiro atoms. The molecule has 0 aliphatic carbocycles. The molecule has 0 rings (SSSR count). The Hall–Kier alpha value is 1.39. The molecule has 0 unspecified atom stereocenters. The second-order valence-electron chi connectivity index (χ2n) is 2.95. The number of hydrogen-bond acceptors (Lipinski definition) is 2. The second-order valence-corrected chi connectivity index (χ2v) is 16.7. The van der Waals surface area contributed by atoms with Crippen molar-refractivity contribution < 1.29 is 9.05 Å². The van der Waals surface area contributed by atoms with Crippen molar-refractivity contribution in [3.05, 3.63) is 0 Å². The van der Waals surface area contributed by atoms with E-state index < -0.39 is 4.65 Å². The number of rotatable bonds is 9. The van der Waals surface area contributed by atoms with E-state index in [-0.39, 0.29) is 0 Å². The number of hydrogen-bond donors (Lipinski definition) is 0. The van der Waals surface area contributed by atoms with Gasteiger partial charge in [0.2, 0.25) is 0 Å². The Morgan fingerprint density at radius 1 is 1.00 bits per heavy atom. The van der Waals surface area contributed by atoms with Gasteiger partial charge in [0.25, 0.3) is 0 Å². The predicted octanol–water partition coefficient (Wildman–Crippen LogP) is 3.22. The van der Waals surface area contributed by atoms with Crippen LogP contribution in [-0.4, -0.2) is 42.8 Å². The van der Waals surface area contributed by atoms with E-state index in [1.807, 2.05) is 0 Å². The summed E-state index contributed by atoms with van der Waals surface area (Å²) in [4.78, 5) is 0. The van der Waals surface area contributed by atoms with Crippen LogP contribution in [0.1, 0.15) is 40.0 Å². The van der Waals surface area contributed by atoms with Crippen molar-refractivity contribution in [3.63, 3.8) is 0 Å². The summed E-state index contributed by atoms with van der Waals surface area (Å²) in [6, 6.07) is 0. The van der Waals surface area contributed by atoms with Gasteiger partial charge >= 0.3 is 102 Å². The van der Waals surface area contributed by atoms with Gasteiger partial charge < -0.3 is 0 Å². The Morgan fingerprint density at radius 2 is 1.50 bits per heavy atom. The van der Waals surface area contributed by atoms with E-state index in [0.29, 0.717) is 14.5 Å². The van der Waals surface area contributed by atoms with Crippen molar-refractivity contribution in [1.29, 1.82) is 0 Å². The second kappa shape index (κ2) is 9.60. The molecule has 0 saturated heterocycles. The van der Waals surface area contributed by atoms with E-state index in [2.05, 4.69) is 35.9 Å². The third-order valence-electron chi connectivity index (χ3n) is 1.36. The van der Waals surface area contributed by atoms with Gasteiger partial charge in [-0.15, -0.1) is 0 Å². The molecule has 0 heterocycles. The molecule has 0 N–H and O–H groups in total. The van der Waals surface area contributed by atoms with E-state index in [4.69, 9.17) is 9.05 Å². The summed E-state index contributed by atoms with van der Waals surface area (Å²) in [6.45, 7) is 8.14. The Balaban J connectivity index is 3.97. The van der Waals surface area contributed by atoms with E-state index >= 15 is 0 Å². The third-order valence-corrected chi connectivity index (χ3v) is 13.0. The third kappa shape index (κ3) is 7.65. The summed E-state index contributed by atoms with van der Waals surface area (Å²) in [5.41, 5.74) is 0. The molecule has 14 heavy (non-hydrogen) atoms. The van der Waals surface area contributed by atoms with E-state index in [9.17, 15) is 0 Å². The van der Waals surface area contributed by atoms with Crippen LogP contribution in [0.2, 0.25) is 5.32 Å². The Morgan fingerprint density at radius 3 is 1.86 bits per heavy atom. The van der Waals surface area contributed by atoms with Crippen LogP contribution in [0.5, 0.6) is 0 Å². The van der Waals surface area contributed by atoms with Crippen molar-refractivity contribution in [2.24, 2.45) is 0 Å². The molecular weight excluding hydrogens is 329 g/mol. The zero-order valence-corrected chi connectivity index (χ0v) is 13.6. The molecule has 0 fully saturated rings. The first-order chi connectivity index (χ1) is 6.68. The van der Waals surface area contributed by atoms with Crippen LogP contribution >= 0.6 is 4.65 Å². The molecule has 2 nitrogen and oxygen atoms in total. The van der Waals surface area contributed by atoms with Gasteiger partial charge in [0.15, 0.2) is 0 Å². The molecule has 0 radical (unpaired) electrons. The van der Waals surface area contributed by atoms with Gasteiger partial charge in [0.05, 0.1) is 0 Å². The minimum atomic E-state index is -1.58. The summed E-state index contributed by atoms with van der Waals surface area (Å²) < 4.78 is 10.1. The van der Waals surface area contributed by atoms with Gasteiger partial charge in [-0.25, -0.2) is 0 Å². The van der Waals surface area contributed by atoms with Gasteiger partial charge in [0, 0.05) is 0 Å². The first-order valence-electron chi connectivity index (χ1n) is 5.22. The van der Waals surface area contributed by atoms with Crippen molar-refractivity contribution in [2.75, 3.05) is 13.2 Å². The summed E-state index contributed by atoms with van der Waals surface area (Å²) in [6.07, 6.45) is 3.37. The van der Waals surface area contributed by atoms with Gasteiger partial charge in [0.1, 0.15) is 0 Å². The normalized spacial score (nSPS) is 11.9. The van der Waals surface area contributed by atoms with Gasteiger partial charge in [-0.1, -0.05) is 0 Å². The van der Waals surface area contributed by atoms with Crippen LogP contribution in [0.4, 0.5) is 0 Å². The molecule has 0 saturated carbocycles. The van der Waals surface area contributed by atoms with Crippen LogP contribution in [0.3, 0.4) is 0 Å². The molecule has 0 amide bonds. The van der Waals surface area contributed by atoms with Crippen LogP contribution in [0, 0.1) is 0 Å². The Labute approximate surface area is 102 Å². The summed E-state index contributed by atoms with van der Waals surface area (Å²) in [5, 5.41) is 1.25. The van der Waals surface area contributed by atoms with Crippen molar-refractivity contribution in [1.82, 2.24) is 0 Å². The average molecular weight is 350 g/mol. The molecule has 86 valence electrons. The fraction of sp³-hybridized carbons (Fsp3) is 1.00. The summed E-state index contributed by atoms with van der Waals surface area (Å²) >= 11 is 3.68. The first-order valence-corrected chi connectivity index (χ1v) is 12.5. The van der Waals surface area contributed by atoms with Gasteiger partial charge in [-0.05, 0) is 0 Å². The summed E-state index contributed by atoms with van der Waals surface area (Å²) in [7, 11) is 0. The van der Waals surface area contributed by atoms with E-state index in [1.165, 1.54) is 11.7 Å². The Bertz CT molecular complexity index is 148. The van der Waals surface area contributed by atoms with Crippen LogP contribution in [-0.2, 0) is 9.05 Å². The van der Waals surface area contributed by atoms with E-state index in [1.54, 1.807) is 0 Å². The van der Waals surface area contributed by atoms with Gasteiger partial charge in [-0.3, -0.25) is 0 Å². The SMILES string of the molecule is CCCOP(=[Se])(OCCC)[Se]CCC. The fourth-order valence-electron chi connectivity index (χ4n) is 0.721. The average Bonchev–Trinajstić information content (AvgIpc) is 2.21. The van der Waals surface area contributed by atoms with Crippen molar-refractivity contribution >= 4 is 34.3 Å². The zero-order valence-electron chi connectivity index (χ0n) is 9.32. The van der Waals surface area contributed by atoms with Crippen LogP contribution in [0.15, 0.2) is 0 Å². The predicted molar refractivity (Wildman–Crippen MR) is 66.0 cm³/mol. The molecule has 0 atom stereocenters. The first kappa shape index (κ1) is 15.4. The van der Waals surface area contributed by atoms with Crippen molar-refractivity contribution in [3.8, 4) is 0 Å². The van der Waals surface area contributed by atoms with E-state index in [0.717, 1.165) is 26.1 Å². The molecule has 0 aromatic carbocycles. The fourth-order valence-corrected chi connectivity index (χ4v) is 9.97. The minimum absolute atomic E-state index is 0.492.